The zero-order valence-corrected chi connectivity index (χ0v) is 11.1. The van der Waals surface area contributed by atoms with Crippen LogP contribution >= 0.6 is 0 Å². The predicted molar refractivity (Wildman–Crippen MR) is 68.9 cm³/mol. The highest BCUT2D eigenvalue weighted by atomic mass is 16.1. The molecular weight excluding hydrogens is 228 g/mol. The third-order valence-electron chi connectivity index (χ3n) is 3.39. The summed E-state index contributed by atoms with van der Waals surface area (Å²) < 4.78 is 2.17. The number of nitrogens with zero attached hydrogens (tertiary/aromatic N) is 3. The van der Waals surface area contributed by atoms with Gasteiger partial charge in [0.25, 0.3) is 0 Å². The van der Waals surface area contributed by atoms with Gasteiger partial charge in [0.1, 0.15) is 5.82 Å². The Kier molecular flexibility index (Phi) is 4.73. The number of hydrogen-bond donors (Lipinski definition) is 1. The fourth-order valence-corrected chi connectivity index (χ4v) is 2.28. The molecule has 1 N–H and O–H groups in total. The first-order chi connectivity index (χ1) is 8.81. The number of nitrogens with one attached hydrogen (secondary N) is 1. The molecule has 1 amide bonds. The molecule has 0 spiro atoms. The Morgan fingerprint density at radius 2 is 2.22 bits per heavy atom. The molecule has 5 nitrogen and oxygen atoms in total. The molecule has 0 saturated carbocycles. The van der Waals surface area contributed by atoms with Crippen LogP contribution in [0.3, 0.4) is 0 Å². The summed E-state index contributed by atoms with van der Waals surface area (Å²) in [7, 11) is 0. The maximum atomic E-state index is 11.6. The second-order valence-corrected chi connectivity index (χ2v) is 4.88. The highest BCUT2D eigenvalue weighted by Crippen LogP contribution is 2.14. The first-order valence-electron chi connectivity index (χ1n) is 6.99. The van der Waals surface area contributed by atoms with Crippen LogP contribution in [-0.2, 0) is 24.3 Å². The Morgan fingerprint density at radius 3 is 3.06 bits per heavy atom. The van der Waals surface area contributed by atoms with Crippen LogP contribution in [0.25, 0.3) is 0 Å². The van der Waals surface area contributed by atoms with Crippen LogP contribution in [0.1, 0.15) is 57.1 Å². The minimum Gasteiger partial charge on any atom is -0.349 e. The minimum absolute atomic E-state index is 0.114. The average molecular weight is 250 g/mol. The number of carbonyl (C=O) groups excluding carboxylic acids is 1. The maximum Gasteiger partial charge on any atom is 0.220 e. The van der Waals surface area contributed by atoms with Crippen molar-refractivity contribution in [3.8, 4) is 0 Å². The van der Waals surface area contributed by atoms with Gasteiger partial charge in [-0.05, 0) is 19.3 Å². The van der Waals surface area contributed by atoms with Crippen LogP contribution in [0, 0.1) is 0 Å². The fourth-order valence-electron chi connectivity index (χ4n) is 2.28. The number of amides is 1. The molecule has 1 aromatic rings. The topological polar surface area (TPSA) is 59.8 Å². The highest BCUT2D eigenvalue weighted by Gasteiger charge is 2.14. The van der Waals surface area contributed by atoms with E-state index in [0.717, 1.165) is 37.5 Å². The monoisotopic (exact) mass is 250 g/mol. The highest BCUT2D eigenvalue weighted by molar-refractivity contribution is 5.75. The van der Waals surface area contributed by atoms with Gasteiger partial charge in [-0.15, -0.1) is 10.2 Å². The van der Waals surface area contributed by atoms with Gasteiger partial charge in [0.15, 0.2) is 5.82 Å². The van der Waals surface area contributed by atoms with Gasteiger partial charge in [0.05, 0.1) is 6.54 Å². The van der Waals surface area contributed by atoms with E-state index in [4.69, 9.17) is 0 Å². The smallest absolute Gasteiger partial charge is 0.220 e. The molecule has 0 aromatic carbocycles. The lowest BCUT2D eigenvalue weighted by Gasteiger charge is -2.08. The molecule has 0 unspecified atom stereocenters. The Hall–Kier alpha value is -1.39. The van der Waals surface area contributed by atoms with Crippen LogP contribution in [0.5, 0.6) is 0 Å². The van der Waals surface area contributed by atoms with Crippen molar-refractivity contribution in [3.05, 3.63) is 11.6 Å². The fraction of sp³-hybridized carbons (Fsp3) is 0.769. The molecule has 1 aromatic heterocycles. The van der Waals surface area contributed by atoms with Gasteiger partial charge in [-0.1, -0.05) is 19.8 Å². The molecule has 0 atom stereocenters. The van der Waals surface area contributed by atoms with E-state index < -0.39 is 0 Å². The van der Waals surface area contributed by atoms with Crippen molar-refractivity contribution in [2.45, 2.75) is 65.0 Å². The molecular formula is C13H22N4O. The van der Waals surface area contributed by atoms with E-state index in [0.29, 0.717) is 13.0 Å². The maximum absolute atomic E-state index is 11.6. The van der Waals surface area contributed by atoms with Crippen molar-refractivity contribution < 1.29 is 4.79 Å². The van der Waals surface area contributed by atoms with E-state index in [1.165, 1.54) is 19.3 Å². The van der Waals surface area contributed by atoms with Crippen LogP contribution in [-0.4, -0.2) is 20.7 Å². The number of rotatable bonds is 5. The second kappa shape index (κ2) is 6.52. The molecule has 5 heteroatoms. The summed E-state index contributed by atoms with van der Waals surface area (Å²) in [5.74, 6) is 2.09. The van der Waals surface area contributed by atoms with Crippen LogP contribution < -0.4 is 5.32 Å². The molecule has 2 heterocycles. The largest absolute Gasteiger partial charge is 0.349 e. The lowest BCUT2D eigenvalue weighted by atomic mass is 10.2. The molecule has 0 fully saturated rings. The summed E-state index contributed by atoms with van der Waals surface area (Å²) in [6.07, 6.45) is 7.25. The quantitative estimate of drug-likeness (QED) is 0.867. The van der Waals surface area contributed by atoms with Gasteiger partial charge in [-0.3, -0.25) is 4.79 Å². The molecule has 1 aliphatic rings. The van der Waals surface area contributed by atoms with Crippen molar-refractivity contribution >= 4 is 5.91 Å². The molecule has 2 rings (SSSR count). The zero-order chi connectivity index (χ0) is 12.8. The Bertz CT molecular complexity index is 400. The van der Waals surface area contributed by atoms with Crippen LogP contribution in [0.4, 0.5) is 0 Å². The molecule has 0 saturated heterocycles. The second-order valence-electron chi connectivity index (χ2n) is 4.88. The Balaban J connectivity index is 1.89. The Labute approximate surface area is 108 Å². The molecule has 0 bridgehead atoms. The standard InChI is InChI=1S/C13H22N4O/c1-2-3-8-13(18)14-10-12-16-15-11-7-5-4-6-9-17(11)12/h2-10H2,1H3,(H,14,18). The van der Waals surface area contributed by atoms with Crippen LogP contribution in [0.2, 0.25) is 0 Å². The predicted octanol–water partition coefficient (Wildman–Crippen LogP) is 1.81. The summed E-state index contributed by atoms with van der Waals surface area (Å²) in [6.45, 7) is 3.59. The van der Waals surface area contributed by atoms with Gasteiger partial charge in [0, 0.05) is 19.4 Å². The normalized spacial score (nSPS) is 14.9. The van der Waals surface area contributed by atoms with Crippen molar-refractivity contribution in [2.75, 3.05) is 0 Å². The summed E-state index contributed by atoms with van der Waals surface area (Å²) in [4.78, 5) is 11.6. The summed E-state index contributed by atoms with van der Waals surface area (Å²) >= 11 is 0. The van der Waals surface area contributed by atoms with Crippen molar-refractivity contribution in [3.63, 3.8) is 0 Å². The van der Waals surface area contributed by atoms with E-state index >= 15 is 0 Å². The van der Waals surface area contributed by atoms with Gasteiger partial charge in [-0.25, -0.2) is 0 Å². The zero-order valence-electron chi connectivity index (χ0n) is 11.1. The SMILES string of the molecule is CCCCC(=O)NCc1nnc2n1CCCCC2. The lowest BCUT2D eigenvalue weighted by Crippen LogP contribution is -2.24. The van der Waals surface area contributed by atoms with E-state index in [1.54, 1.807) is 0 Å². The van der Waals surface area contributed by atoms with E-state index in [9.17, 15) is 4.79 Å². The number of hydrogen-bond acceptors (Lipinski definition) is 3. The number of aryl methyl sites for hydroxylation is 1. The summed E-state index contributed by atoms with van der Waals surface area (Å²) in [6, 6.07) is 0. The number of carbonyl (C=O) groups is 1. The van der Waals surface area contributed by atoms with Gasteiger partial charge >= 0.3 is 0 Å². The van der Waals surface area contributed by atoms with E-state index in [-0.39, 0.29) is 5.91 Å². The minimum atomic E-state index is 0.114. The van der Waals surface area contributed by atoms with Gasteiger partial charge < -0.3 is 9.88 Å². The molecule has 18 heavy (non-hydrogen) atoms. The van der Waals surface area contributed by atoms with Crippen molar-refractivity contribution in [1.82, 2.24) is 20.1 Å². The Morgan fingerprint density at radius 1 is 1.33 bits per heavy atom. The average Bonchev–Trinajstić information content (AvgIpc) is 2.61. The first kappa shape index (κ1) is 13.1. The van der Waals surface area contributed by atoms with E-state index in [1.807, 2.05) is 0 Å². The summed E-state index contributed by atoms with van der Waals surface area (Å²) in [5.41, 5.74) is 0. The van der Waals surface area contributed by atoms with Gasteiger partial charge in [-0.2, -0.15) is 0 Å². The summed E-state index contributed by atoms with van der Waals surface area (Å²) in [5, 5.41) is 11.3. The van der Waals surface area contributed by atoms with Gasteiger partial charge in [0.2, 0.25) is 5.91 Å². The molecule has 100 valence electrons. The third kappa shape index (κ3) is 3.31. The van der Waals surface area contributed by atoms with Crippen molar-refractivity contribution in [1.29, 1.82) is 0 Å². The lowest BCUT2D eigenvalue weighted by molar-refractivity contribution is -0.121. The van der Waals surface area contributed by atoms with Crippen LogP contribution in [0.15, 0.2) is 0 Å². The van der Waals surface area contributed by atoms with E-state index in [2.05, 4.69) is 27.0 Å². The first-order valence-corrected chi connectivity index (χ1v) is 6.99. The number of aromatic nitrogens is 3. The third-order valence-corrected chi connectivity index (χ3v) is 3.39. The molecule has 0 radical (unpaired) electrons. The number of unbranched alkanes of at least 4 members (excludes halogenated alkanes) is 1. The number of fused-ring (bicyclic) bond motifs is 1. The van der Waals surface area contributed by atoms with Crippen molar-refractivity contribution in [2.24, 2.45) is 0 Å². The molecule has 0 aliphatic carbocycles. The molecule has 1 aliphatic heterocycles.